The van der Waals surface area contributed by atoms with Crippen LogP contribution in [0, 0.1) is 5.41 Å². The molecule has 88 valence electrons. The Morgan fingerprint density at radius 1 is 1.38 bits per heavy atom. The lowest BCUT2D eigenvalue weighted by atomic mass is 9.88. The van der Waals surface area contributed by atoms with Crippen molar-refractivity contribution in [1.82, 2.24) is 4.98 Å². The van der Waals surface area contributed by atoms with Gasteiger partial charge in [0.05, 0.1) is 12.8 Å². The Labute approximate surface area is 94.8 Å². The highest BCUT2D eigenvalue weighted by atomic mass is 16.5. The van der Waals surface area contributed by atoms with Crippen LogP contribution in [0.3, 0.4) is 0 Å². The van der Waals surface area contributed by atoms with Gasteiger partial charge in [0.15, 0.2) is 17.2 Å². The summed E-state index contributed by atoms with van der Waals surface area (Å²) in [6, 6.07) is 1.47. The lowest BCUT2D eigenvalue weighted by Crippen LogP contribution is -2.23. The van der Waals surface area contributed by atoms with Crippen molar-refractivity contribution in [2.75, 3.05) is 18.6 Å². The zero-order valence-corrected chi connectivity index (χ0v) is 10.00. The molecule has 0 fully saturated rings. The highest BCUT2D eigenvalue weighted by molar-refractivity contribution is 6.02. The summed E-state index contributed by atoms with van der Waals surface area (Å²) in [5.41, 5.74) is 11.2. The van der Waals surface area contributed by atoms with Gasteiger partial charge in [0.2, 0.25) is 0 Å². The molecular formula is C11H17N3O2. The van der Waals surface area contributed by atoms with Crippen LogP contribution in [0.15, 0.2) is 6.07 Å². The fraction of sp³-hybridized carbons (Fsp3) is 0.455. The summed E-state index contributed by atoms with van der Waals surface area (Å²) in [6.45, 7) is 5.40. The molecule has 0 atom stereocenters. The molecule has 0 saturated carbocycles. The van der Waals surface area contributed by atoms with Crippen LogP contribution >= 0.6 is 0 Å². The minimum absolute atomic E-state index is 0.150. The van der Waals surface area contributed by atoms with E-state index in [9.17, 15) is 4.79 Å². The average Bonchev–Trinajstić information content (AvgIpc) is 2.14. The second-order valence-electron chi connectivity index (χ2n) is 4.60. The second-order valence-corrected chi connectivity index (χ2v) is 4.60. The van der Waals surface area contributed by atoms with E-state index < -0.39 is 5.41 Å². The number of hydrogen-bond acceptors (Lipinski definition) is 5. The van der Waals surface area contributed by atoms with Gasteiger partial charge >= 0.3 is 0 Å². The van der Waals surface area contributed by atoms with Crippen molar-refractivity contribution in [2.45, 2.75) is 20.8 Å². The highest BCUT2D eigenvalue weighted by Crippen LogP contribution is 2.31. The first kappa shape index (κ1) is 12.3. The Hall–Kier alpha value is -1.78. The molecule has 5 nitrogen and oxygen atoms in total. The fourth-order valence-electron chi connectivity index (χ4n) is 1.30. The van der Waals surface area contributed by atoms with Crippen LogP contribution in [0.2, 0.25) is 0 Å². The second kappa shape index (κ2) is 4.00. The van der Waals surface area contributed by atoms with E-state index in [4.69, 9.17) is 16.2 Å². The van der Waals surface area contributed by atoms with E-state index in [2.05, 4.69) is 4.98 Å². The molecule has 0 aliphatic heterocycles. The minimum atomic E-state index is -0.555. The topological polar surface area (TPSA) is 91.2 Å². The Bertz CT molecular complexity index is 422. The van der Waals surface area contributed by atoms with E-state index in [1.54, 1.807) is 20.8 Å². The fourth-order valence-corrected chi connectivity index (χ4v) is 1.30. The van der Waals surface area contributed by atoms with Crippen LogP contribution in [0.25, 0.3) is 0 Å². The summed E-state index contributed by atoms with van der Waals surface area (Å²) in [5, 5.41) is 0. The van der Waals surface area contributed by atoms with Gasteiger partial charge in [0.25, 0.3) is 0 Å². The predicted octanol–water partition coefficient (Wildman–Crippen LogP) is 1.48. The number of methoxy groups -OCH3 is 1. The van der Waals surface area contributed by atoms with E-state index in [1.165, 1.54) is 13.2 Å². The largest absolute Gasteiger partial charge is 0.492 e. The Balaban J connectivity index is 3.38. The molecule has 16 heavy (non-hydrogen) atoms. The lowest BCUT2D eigenvalue weighted by molar-refractivity contribution is 0.0849. The van der Waals surface area contributed by atoms with Crippen molar-refractivity contribution in [1.29, 1.82) is 0 Å². The molecule has 0 aliphatic rings. The summed E-state index contributed by atoms with van der Waals surface area (Å²) in [6.07, 6.45) is 0. The Morgan fingerprint density at radius 3 is 2.38 bits per heavy atom. The van der Waals surface area contributed by atoms with Gasteiger partial charge in [-0.05, 0) is 0 Å². The van der Waals surface area contributed by atoms with Crippen LogP contribution in [0.1, 0.15) is 31.3 Å². The number of carbonyl (C=O) groups is 1. The minimum Gasteiger partial charge on any atom is -0.492 e. The number of pyridine rings is 1. The number of aromatic nitrogens is 1. The Kier molecular flexibility index (Phi) is 3.07. The molecule has 0 bridgehead atoms. The quantitative estimate of drug-likeness (QED) is 0.741. The summed E-state index contributed by atoms with van der Waals surface area (Å²) in [4.78, 5) is 16.1. The Morgan fingerprint density at radius 2 is 1.94 bits per heavy atom. The van der Waals surface area contributed by atoms with Crippen LogP contribution in [0.5, 0.6) is 5.75 Å². The van der Waals surface area contributed by atoms with Crippen molar-refractivity contribution < 1.29 is 9.53 Å². The zero-order valence-electron chi connectivity index (χ0n) is 10.00. The van der Waals surface area contributed by atoms with Crippen molar-refractivity contribution in [3.8, 4) is 5.75 Å². The van der Waals surface area contributed by atoms with E-state index in [-0.39, 0.29) is 23.0 Å². The number of ether oxygens (including phenoxy) is 1. The maximum absolute atomic E-state index is 12.1. The van der Waals surface area contributed by atoms with Gasteiger partial charge in [-0.1, -0.05) is 20.8 Å². The summed E-state index contributed by atoms with van der Waals surface area (Å²) in [5.74, 6) is 0.350. The number of ketones is 1. The molecule has 0 aliphatic carbocycles. The molecule has 4 N–H and O–H groups in total. The summed E-state index contributed by atoms with van der Waals surface area (Å²) >= 11 is 0. The predicted molar refractivity (Wildman–Crippen MR) is 63.4 cm³/mol. The number of nitrogens with two attached hydrogens (primary N) is 2. The number of nitrogens with zero attached hydrogens (tertiary/aromatic N) is 1. The smallest absolute Gasteiger partial charge is 0.190 e. The van der Waals surface area contributed by atoms with Gasteiger partial charge < -0.3 is 16.2 Å². The molecule has 1 aromatic heterocycles. The molecule has 5 heteroatoms. The molecule has 1 heterocycles. The van der Waals surface area contributed by atoms with Gasteiger partial charge in [-0.3, -0.25) is 4.79 Å². The normalized spacial score (nSPS) is 11.2. The molecule has 0 aromatic carbocycles. The SMILES string of the molecule is COc1c(N)cc(N)nc1C(=O)C(C)(C)C. The van der Waals surface area contributed by atoms with Gasteiger partial charge in [0.1, 0.15) is 5.82 Å². The standard InChI is InChI=1S/C11H17N3O2/c1-11(2,3)10(15)8-9(16-4)6(12)5-7(13)14-8/h5H,1-4H3,(H4,12,13,14). The first-order valence-corrected chi connectivity index (χ1v) is 4.92. The first-order valence-electron chi connectivity index (χ1n) is 4.92. The number of nitrogen functional groups attached to an aromatic ring is 2. The maximum atomic E-state index is 12.1. The summed E-state index contributed by atoms with van der Waals surface area (Å²) in [7, 11) is 1.45. The van der Waals surface area contributed by atoms with Crippen LogP contribution in [0.4, 0.5) is 11.5 Å². The van der Waals surface area contributed by atoms with E-state index >= 15 is 0 Å². The van der Waals surface area contributed by atoms with Crippen LogP contribution < -0.4 is 16.2 Å². The molecule has 0 amide bonds. The maximum Gasteiger partial charge on any atom is 0.190 e. The van der Waals surface area contributed by atoms with Crippen molar-refractivity contribution in [3.05, 3.63) is 11.8 Å². The number of hydrogen-bond donors (Lipinski definition) is 2. The van der Waals surface area contributed by atoms with Crippen LogP contribution in [-0.4, -0.2) is 17.9 Å². The number of rotatable bonds is 2. The molecule has 0 radical (unpaired) electrons. The van der Waals surface area contributed by atoms with Crippen molar-refractivity contribution in [3.63, 3.8) is 0 Å². The molecule has 0 unspecified atom stereocenters. The third-order valence-corrected chi connectivity index (χ3v) is 2.12. The summed E-state index contributed by atoms with van der Waals surface area (Å²) < 4.78 is 5.08. The van der Waals surface area contributed by atoms with E-state index in [0.717, 1.165) is 0 Å². The van der Waals surface area contributed by atoms with Gasteiger partial charge in [0, 0.05) is 11.5 Å². The highest BCUT2D eigenvalue weighted by Gasteiger charge is 2.28. The van der Waals surface area contributed by atoms with Crippen molar-refractivity contribution in [2.24, 2.45) is 5.41 Å². The van der Waals surface area contributed by atoms with Crippen LogP contribution in [-0.2, 0) is 0 Å². The van der Waals surface area contributed by atoms with Gasteiger partial charge in [-0.2, -0.15) is 0 Å². The molecule has 1 aromatic rings. The van der Waals surface area contributed by atoms with Gasteiger partial charge in [-0.15, -0.1) is 0 Å². The molecule has 0 saturated heterocycles. The lowest BCUT2D eigenvalue weighted by Gasteiger charge is -2.18. The van der Waals surface area contributed by atoms with E-state index in [1.807, 2.05) is 0 Å². The molecular weight excluding hydrogens is 206 g/mol. The molecule has 1 rings (SSSR count). The monoisotopic (exact) mass is 223 g/mol. The molecule has 0 spiro atoms. The van der Waals surface area contributed by atoms with Gasteiger partial charge in [-0.25, -0.2) is 4.98 Å². The van der Waals surface area contributed by atoms with E-state index in [0.29, 0.717) is 5.69 Å². The number of anilines is 2. The third-order valence-electron chi connectivity index (χ3n) is 2.12. The zero-order chi connectivity index (χ0) is 12.5. The third kappa shape index (κ3) is 2.24. The first-order chi connectivity index (χ1) is 7.27. The number of Topliss-reactive ketones (excluding diaryl/α,β-unsaturated/α-hetero) is 1. The average molecular weight is 223 g/mol. The van der Waals surface area contributed by atoms with Crippen molar-refractivity contribution >= 4 is 17.3 Å². The number of carbonyl (C=O) groups excluding carboxylic acids is 1.